The summed E-state index contributed by atoms with van der Waals surface area (Å²) in [7, 11) is 0. The second-order valence-electron chi connectivity index (χ2n) is 5.73. The molecule has 1 aliphatic heterocycles. The third-order valence-electron chi connectivity index (χ3n) is 4.14. The zero-order valence-corrected chi connectivity index (χ0v) is 13.4. The Morgan fingerprint density at radius 1 is 1.41 bits per heavy atom. The first-order chi connectivity index (χ1) is 10.8. The zero-order valence-electron chi connectivity index (χ0n) is 12.6. The number of carbonyl (C=O) groups is 1. The number of nitrogens with two attached hydrogens (primary N) is 1. The molecule has 1 atom stereocenters. The molecule has 0 spiro atoms. The van der Waals surface area contributed by atoms with Gasteiger partial charge in [0.05, 0.1) is 16.8 Å². The fourth-order valence-electron chi connectivity index (χ4n) is 3.06. The smallest absolute Gasteiger partial charge is 0.240 e. The Morgan fingerprint density at radius 3 is 3.09 bits per heavy atom. The lowest BCUT2D eigenvalue weighted by atomic mass is 9.99. The Kier molecular flexibility index (Phi) is 5.02. The highest BCUT2D eigenvalue weighted by atomic mass is 32.1. The van der Waals surface area contributed by atoms with Gasteiger partial charge in [0.2, 0.25) is 5.91 Å². The Balaban J connectivity index is 1.61. The second-order valence-corrected chi connectivity index (χ2v) is 6.76. The number of nitrogens with one attached hydrogen (secondary N) is 1. The largest absolute Gasteiger partial charge is 0.330 e. The van der Waals surface area contributed by atoms with E-state index in [0.717, 1.165) is 36.0 Å². The number of carbonyl (C=O) groups excluding carboxylic acids is 1. The van der Waals surface area contributed by atoms with Gasteiger partial charge < -0.3 is 11.1 Å². The van der Waals surface area contributed by atoms with Crippen LogP contribution < -0.4 is 11.1 Å². The van der Waals surface area contributed by atoms with Crippen molar-refractivity contribution in [3.63, 3.8) is 0 Å². The molecule has 1 aliphatic rings. The summed E-state index contributed by atoms with van der Waals surface area (Å²) >= 11 is 1.52. The van der Waals surface area contributed by atoms with E-state index in [1.165, 1.54) is 17.8 Å². The van der Waals surface area contributed by atoms with Gasteiger partial charge in [0.15, 0.2) is 5.13 Å². The number of anilines is 1. The van der Waals surface area contributed by atoms with Crippen molar-refractivity contribution < 1.29 is 4.79 Å². The minimum Gasteiger partial charge on any atom is -0.330 e. The fraction of sp³-hybridized carbons (Fsp3) is 0.500. The summed E-state index contributed by atoms with van der Waals surface area (Å²) < 4.78 is 1.09. The van der Waals surface area contributed by atoms with E-state index >= 15 is 0 Å². The van der Waals surface area contributed by atoms with Crippen LogP contribution in [-0.2, 0) is 4.79 Å². The van der Waals surface area contributed by atoms with Crippen LogP contribution in [0.2, 0.25) is 0 Å². The number of para-hydroxylation sites is 1. The van der Waals surface area contributed by atoms with Crippen LogP contribution in [-0.4, -0.2) is 41.5 Å². The van der Waals surface area contributed by atoms with Crippen molar-refractivity contribution in [2.24, 2.45) is 5.73 Å². The molecule has 0 saturated carbocycles. The predicted molar refractivity (Wildman–Crippen MR) is 91.1 cm³/mol. The minimum atomic E-state index is 0.0166. The van der Waals surface area contributed by atoms with E-state index in [9.17, 15) is 4.79 Å². The highest BCUT2D eigenvalue weighted by Gasteiger charge is 2.23. The molecule has 22 heavy (non-hydrogen) atoms. The molecule has 1 aromatic carbocycles. The van der Waals surface area contributed by atoms with E-state index in [0.29, 0.717) is 24.3 Å². The van der Waals surface area contributed by atoms with Crippen molar-refractivity contribution in [2.75, 3.05) is 25.0 Å². The number of amides is 1. The van der Waals surface area contributed by atoms with Crippen LogP contribution in [0.1, 0.15) is 25.7 Å². The summed E-state index contributed by atoms with van der Waals surface area (Å²) in [5.74, 6) is 0.0166. The van der Waals surface area contributed by atoms with Crippen molar-refractivity contribution >= 4 is 32.6 Å². The molecule has 1 aromatic heterocycles. The molecule has 3 rings (SSSR count). The Bertz CT molecular complexity index is 607. The van der Waals surface area contributed by atoms with Crippen molar-refractivity contribution in [2.45, 2.75) is 31.7 Å². The van der Waals surface area contributed by atoms with Crippen LogP contribution in [0.3, 0.4) is 0 Å². The number of thiazole rings is 1. The molecule has 1 saturated heterocycles. The lowest BCUT2D eigenvalue weighted by Gasteiger charge is -2.34. The molecule has 3 N–H and O–H groups in total. The van der Waals surface area contributed by atoms with E-state index in [-0.39, 0.29) is 5.91 Å². The van der Waals surface area contributed by atoms with E-state index in [1.807, 2.05) is 24.3 Å². The lowest BCUT2D eigenvalue weighted by Crippen LogP contribution is -2.44. The van der Waals surface area contributed by atoms with Gasteiger partial charge in [-0.15, -0.1) is 0 Å². The summed E-state index contributed by atoms with van der Waals surface area (Å²) in [5, 5.41) is 3.62. The first-order valence-corrected chi connectivity index (χ1v) is 8.67. The van der Waals surface area contributed by atoms with Crippen LogP contribution in [0, 0.1) is 0 Å². The minimum absolute atomic E-state index is 0.0166. The summed E-state index contributed by atoms with van der Waals surface area (Å²) in [6, 6.07) is 8.36. The van der Waals surface area contributed by atoms with Gasteiger partial charge in [0.1, 0.15) is 0 Å². The maximum absolute atomic E-state index is 12.3. The molecular weight excluding hydrogens is 296 g/mol. The molecule has 2 aromatic rings. The van der Waals surface area contributed by atoms with Gasteiger partial charge in [0.25, 0.3) is 0 Å². The molecule has 5 nitrogen and oxygen atoms in total. The molecule has 1 fully saturated rings. The Morgan fingerprint density at radius 2 is 2.27 bits per heavy atom. The number of benzene rings is 1. The van der Waals surface area contributed by atoms with Gasteiger partial charge >= 0.3 is 0 Å². The Labute approximate surface area is 134 Å². The first kappa shape index (κ1) is 15.4. The summed E-state index contributed by atoms with van der Waals surface area (Å²) in [6.07, 6.45) is 4.51. The first-order valence-electron chi connectivity index (χ1n) is 7.86. The van der Waals surface area contributed by atoms with E-state index < -0.39 is 0 Å². The van der Waals surface area contributed by atoms with E-state index in [4.69, 9.17) is 5.73 Å². The van der Waals surface area contributed by atoms with Crippen LogP contribution in [0.4, 0.5) is 5.13 Å². The van der Waals surface area contributed by atoms with Crippen molar-refractivity contribution in [1.82, 2.24) is 9.88 Å². The molecule has 6 heteroatoms. The van der Waals surface area contributed by atoms with Gasteiger partial charge in [0, 0.05) is 6.04 Å². The molecular formula is C16H22N4OS. The number of likely N-dealkylation sites (tertiary alicyclic amines) is 1. The average Bonchev–Trinajstić information content (AvgIpc) is 2.91. The predicted octanol–water partition coefficient (Wildman–Crippen LogP) is 2.44. The van der Waals surface area contributed by atoms with Gasteiger partial charge in [-0.25, -0.2) is 4.98 Å². The number of aromatic nitrogens is 1. The van der Waals surface area contributed by atoms with Crippen LogP contribution >= 0.6 is 11.3 Å². The number of rotatable bonds is 5. The Hall–Kier alpha value is -1.50. The molecule has 1 unspecified atom stereocenters. The van der Waals surface area contributed by atoms with Crippen molar-refractivity contribution in [3.05, 3.63) is 24.3 Å². The standard InChI is InChI=1S/C16H22N4OS/c17-9-8-12-5-3-4-10-20(12)11-15(21)19-16-18-13-6-1-2-7-14(13)22-16/h1-2,6-7,12H,3-5,8-11,17H2,(H,18,19,21). The quantitative estimate of drug-likeness (QED) is 0.888. The van der Waals surface area contributed by atoms with Crippen molar-refractivity contribution in [1.29, 1.82) is 0 Å². The summed E-state index contributed by atoms with van der Waals surface area (Å²) in [6.45, 7) is 2.10. The van der Waals surface area contributed by atoms with Gasteiger partial charge in [-0.1, -0.05) is 29.9 Å². The topological polar surface area (TPSA) is 71.2 Å². The third kappa shape index (κ3) is 3.63. The van der Waals surface area contributed by atoms with Crippen LogP contribution in [0.15, 0.2) is 24.3 Å². The number of piperidine rings is 1. The van der Waals surface area contributed by atoms with Crippen molar-refractivity contribution in [3.8, 4) is 0 Å². The monoisotopic (exact) mass is 318 g/mol. The molecule has 118 valence electrons. The van der Waals surface area contributed by atoms with E-state index in [2.05, 4.69) is 15.2 Å². The summed E-state index contributed by atoms with van der Waals surface area (Å²) in [5.41, 5.74) is 6.62. The fourth-order valence-corrected chi connectivity index (χ4v) is 3.94. The number of hydrogen-bond donors (Lipinski definition) is 2. The maximum Gasteiger partial charge on any atom is 0.240 e. The highest BCUT2D eigenvalue weighted by molar-refractivity contribution is 7.22. The van der Waals surface area contributed by atoms with E-state index in [1.54, 1.807) is 0 Å². The molecule has 1 amide bonds. The number of fused-ring (bicyclic) bond motifs is 1. The normalized spacial score (nSPS) is 19.4. The lowest BCUT2D eigenvalue weighted by molar-refractivity contribution is -0.118. The molecule has 2 heterocycles. The maximum atomic E-state index is 12.3. The van der Waals surface area contributed by atoms with Crippen LogP contribution in [0.25, 0.3) is 10.2 Å². The van der Waals surface area contributed by atoms with Crippen LogP contribution in [0.5, 0.6) is 0 Å². The zero-order chi connectivity index (χ0) is 15.4. The van der Waals surface area contributed by atoms with Gasteiger partial charge in [-0.3, -0.25) is 9.69 Å². The summed E-state index contributed by atoms with van der Waals surface area (Å²) in [4.78, 5) is 19.0. The van der Waals surface area contributed by atoms with Gasteiger partial charge in [-0.05, 0) is 44.5 Å². The molecule has 0 bridgehead atoms. The van der Waals surface area contributed by atoms with Gasteiger partial charge in [-0.2, -0.15) is 0 Å². The third-order valence-corrected chi connectivity index (χ3v) is 5.09. The highest BCUT2D eigenvalue weighted by Crippen LogP contribution is 2.25. The number of hydrogen-bond acceptors (Lipinski definition) is 5. The number of nitrogens with zero attached hydrogens (tertiary/aromatic N) is 2. The molecule has 0 radical (unpaired) electrons. The second kappa shape index (κ2) is 7.17. The molecule has 0 aliphatic carbocycles. The SMILES string of the molecule is NCCC1CCCCN1CC(=O)Nc1nc2ccccc2s1. The average molecular weight is 318 g/mol.